The van der Waals surface area contributed by atoms with Gasteiger partial charge in [-0.1, -0.05) is 12.2 Å². The van der Waals surface area contributed by atoms with Crippen LogP contribution in [0.1, 0.15) is 12.5 Å². The Morgan fingerprint density at radius 3 is 1.96 bits per heavy atom. The lowest BCUT2D eigenvalue weighted by molar-refractivity contribution is 0.358. The largest absolute Gasteiger partial charge is 0.507 e. The van der Waals surface area contributed by atoms with E-state index in [0.717, 1.165) is 12.1 Å². The topological polar surface area (TPSA) is 66.4 Å². The molecule has 0 unspecified atom stereocenters. The summed E-state index contributed by atoms with van der Waals surface area (Å²) < 4.78 is 92.4. The number of allylic oxidation sites excluding steroid dienone is 1. The molecule has 0 atom stereocenters. The van der Waals surface area contributed by atoms with Crippen molar-refractivity contribution in [3.05, 3.63) is 58.9 Å². The van der Waals surface area contributed by atoms with Gasteiger partial charge in [-0.3, -0.25) is 4.72 Å². The number of hydrogen-bond donors (Lipinski definition) is 2. The minimum atomic E-state index is -5.15. The molecule has 0 saturated carbocycles. The standard InChI is InChI=1S/C15H10F5NO3S/c1-2-3-7-4-5-8(6-9(7)22)21-25(23,24)15-13(19)11(17)10(16)12(18)14(15)20/h2-6,21-22H,1H3/b3-2-. The maximum absolute atomic E-state index is 13.6. The normalized spacial score (nSPS) is 11.9. The van der Waals surface area contributed by atoms with Crippen LogP contribution in [0.25, 0.3) is 6.08 Å². The Labute approximate surface area is 139 Å². The molecule has 134 valence electrons. The van der Waals surface area contributed by atoms with Gasteiger partial charge in [0.05, 0.1) is 5.69 Å². The molecule has 0 spiro atoms. The van der Waals surface area contributed by atoms with Crippen molar-refractivity contribution in [1.82, 2.24) is 0 Å². The minimum Gasteiger partial charge on any atom is -0.507 e. The molecule has 2 N–H and O–H groups in total. The molecule has 10 heteroatoms. The average Bonchev–Trinajstić information content (AvgIpc) is 2.53. The fraction of sp³-hybridized carbons (Fsp3) is 0.0667. The van der Waals surface area contributed by atoms with Gasteiger partial charge in [-0.15, -0.1) is 0 Å². The SMILES string of the molecule is C/C=C\c1ccc(NS(=O)(=O)c2c(F)c(F)c(F)c(F)c2F)cc1O. The summed E-state index contributed by atoms with van der Waals surface area (Å²) in [6, 6.07) is 3.34. The Balaban J connectivity index is 2.53. The molecule has 0 radical (unpaired) electrons. The van der Waals surface area contributed by atoms with Gasteiger partial charge in [0, 0.05) is 11.6 Å². The Kier molecular flexibility index (Phi) is 5.02. The molecular formula is C15H10F5NO3S. The molecule has 25 heavy (non-hydrogen) atoms. The van der Waals surface area contributed by atoms with Crippen molar-refractivity contribution in [2.75, 3.05) is 4.72 Å². The van der Waals surface area contributed by atoms with Gasteiger partial charge < -0.3 is 5.11 Å². The van der Waals surface area contributed by atoms with Crippen LogP contribution >= 0.6 is 0 Å². The van der Waals surface area contributed by atoms with E-state index in [4.69, 9.17) is 0 Å². The number of anilines is 1. The number of phenolic OH excluding ortho intramolecular Hbond substituents is 1. The van der Waals surface area contributed by atoms with Crippen molar-refractivity contribution in [1.29, 1.82) is 0 Å². The second-order valence-corrected chi connectivity index (χ2v) is 6.40. The van der Waals surface area contributed by atoms with Crippen LogP contribution in [0.5, 0.6) is 5.75 Å². The van der Waals surface area contributed by atoms with Gasteiger partial charge in [-0.2, -0.15) is 0 Å². The van der Waals surface area contributed by atoms with Gasteiger partial charge in [0.2, 0.25) is 5.82 Å². The second-order valence-electron chi connectivity index (χ2n) is 4.78. The molecule has 0 fully saturated rings. The van der Waals surface area contributed by atoms with Crippen LogP contribution in [0, 0.1) is 29.1 Å². The highest BCUT2D eigenvalue weighted by Crippen LogP contribution is 2.29. The molecule has 0 aromatic heterocycles. The van der Waals surface area contributed by atoms with Crippen LogP contribution in [0.2, 0.25) is 0 Å². The molecular weight excluding hydrogens is 369 g/mol. The van der Waals surface area contributed by atoms with Crippen LogP contribution in [0.3, 0.4) is 0 Å². The quantitative estimate of drug-likeness (QED) is 0.481. The Morgan fingerprint density at radius 2 is 1.48 bits per heavy atom. The summed E-state index contributed by atoms with van der Waals surface area (Å²) in [7, 11) is -5.15. The van der Waals surface area contributed by atoms with Crippen molar-refractivity contribution < 1.29 is 35.5 Å². The van der Waals surface area contributed by atoms with Crippen LogP contribution in [-0.4, -0.2) is 13.5 Å². The molecule has 2 rings (SSSR count). The van der Waals surface area contributed by atoms with Gasteiger partial charge >= 0.3 is 0 Å². The van der Waals surface area contributed by atoms with E-state index in [-0.39, 0.29) is 11.4 Å². The number of rotatable bonds is 4. The molecule has 0 amide bonds. The first-order valence-electron chi connectivity index (χ1n) is 6.60. The Bertz CT molecular complexity index is 945. The number of sulfonamides is 1. The number of aromatic hydroxyl groups is 1. The lowest BCUT2D eigenvalue weighted by atomic mass is 10.2. The number of benzene rings is 2. The van der Waals surface area contributed by atoms with E-state index in [2.05, 4.69) is 0 Å². The van der Waals surface area contributed by atoms with Crippen molar-refractivity contribution in [2.45, 2.75) is 11.8 Å². The lowest BCUT2D eigenvalue weighted by Crippen LogP contribution is -2.19. The number of hydrogen-bond acceptors (Lipinski definition) is 3. The Hall–Kier alpha value is -2.62. The number of nitrogens with one attached hydrogen (secondary N) is 1. The summed E-state index contributed by atoms with van der Waals surface area (Å²) in [5.74, 6) is -12.6. The third-order valence-electron chi connectivity index (χ3n) is 3.07. The van der Waals surface area contributed by atoms with Crippen LogP contribution in [-0.2, 0) is 10.0 Å². The van der Waals surface area contributed by atoms with Gasteiger partial charge in [0.1, 0.15) is 5.75 Å². The van der Waals surface area contributed by atoms with E-state index >= 15 is 0 Å². The third kappa shape index (κ3) is 3.43. The summed E-state index contributed by atoms with van der Waals surface area (Å²) in [5, 5.41) is 9.72. The summed E-state index contributed by atoms with van der Waals surface area (Å²) in [4.78, 5) is -2.01. The second kappa shape index (κ2) is 6.71. The van der Waals surface area contributed by atoms with Crippen molar-refractivity contribution in [2.24, 2.45) is 0 Å². The summed E-state index contributed by atoms with van der Waals surface area (Å²) >= 11 is 0. The molecule has 2 aromatic carbocycles. The Morgan fingerprint density at radius 1 is 0.960 bits per heavy atom. The summed E-state index contributed by atoms with van der Waals surface area (Å²) in [5.41, 5.74) is -0.0172. The zero-order valence-corrected chi connectivity index (χ0v) is 13.3. The molecule has 0 heterocycles. The smallest absolute Gasteiger partial charge is 0.267 e. The predicted molar refractivity (Wildman–Crippen MR) is 79.9 cm³/mol. The molecule has 0 aliphatic heterocycles. The van der Waals surface area contributed by atoms with Crippen LogP contribution in [0.15, 0.2) is 29.2 Å². The van der Waals surface area contributed by atoms with Crippen LogP contribution in [0.4, 0.5) is 27.6 Å². The van der Waals surface area contributed by atoms with Gasteiger partial charge in [-0.05, 0) is 19.1 Å². The fourth-order valence-electron chi connectivity index (χ4n) is 1.95. The predicted octanol–water partition coefficient (Wildman–Crippen LogP) is 3.92. The van der Waals surface area contributed by atoms with Gasteiger partial charge in [0.15, 0.2) is 28.2 Å². The maximum Gasteiger partial charge on any atom is 0.267 e. The molecule has 0 saturated heterocycles. The molecule has 4 nitrogen and oxygen atoms in total. The number of halogens is 5. The van der Waals surface area contributed by atoms with E-state index < -0.39 is 44.0 Å². The monoisotopic (exact) mass is 379 g/mol. The molecule has 0 bridgehead atoms. The van der Waals surface area contributed by atoms with Gasteiger partial charge in [-0.25, -0.2) is 30.4 Å². The van der Waals surface area contributed by atoms with Gasteiger partial charge in [0.25, 0.3) is 10.0 Å². The highest BCUT2D eigenvalue weighted by atomic mass is 32.2. The zero-order valence-electron chi connectivity index (χ0n) is 12.4. The third-order valence-corrected chi connectivity index (χ3v) is 4.47. The van der Waals surface area contributed by atoms with Crippen LogP contribution < -0.4 is 4.72 Å². The minimum absolute atomic E-state index is 0.321. The lowest BCUT2D eigenvalue weighted by Gasteiger charge is -2.12. The summed E-state index contributed by atoms with van der Waals surface area (Å²) in [6.07, 6.45) is 3.09. The molecule has 0 aliphatic carbocycles. The molecule has 2 aromatic rings. The van der Waals surface area contributed by atoms with E-state index in [9.17, 15) is 35.5 Å². The first-order chi connectivity index (χ1) is 11.6. The first kappa shape index (κ1) is 18.7. The van der Waals surface area contributed by atoms with E-state index in [1.54, 1.807) is 17.7 Å². The van der Waals surface area contributed by atoms with Crippen molar-refractivity contribution in [3.63, 3.8) is 0 Å². The summed E-state index contributed by atoms with van der Waals surface area (Å²) in [6.45, 7) is 1.67. The zero-order chi connectivity index (χ0) is 18.9. The van der Waals surface area contributed by atoms with E-state index in [1.165, 1.54) is 12.1 Å². The van der Waals surface area contributed by atoms with Crippen molar-refractivity contribution in [3.8, 4) is 5.75 Å². The number of phenols is 1. The van der Waals surface area contributed by atoms with Crippen molar-refractivity contribution >= 4 is 21.8 Å². The average molecular weight is 379 g/mol. The highest BCUT2D eigenvalue weighted by molar-refractivity contribution is 7.92. The van der Waals surface area contributed by atoms with E-state index in [1.807, 2.05) is 0 Å². The van der Waals surface area contributed by atoms with E-state index in [0.29, 0.717) is 5.56 Å². The fourth-order valence-corrected chi connectivity index (χ4v) is 3.14. The first-order valence-corrected chi connectivity index (χ1v) is 8.08. The maximum atomic E-state index is 13.6. The highest BCUT2D eigenvalue weighted by Gasteiger charge is 2.33. The molecule has 0 aliphatic rings.